The molecule has 1 aromatic carbocycles. The number of benzene rings is 1. The number of rotatable bonds is 5. The smallest absolute Gasteiger partial charge is 0.115 e. The van der Waals surface area contributed by atoms with Crippen molar-refractivity contribution >= 4 is 0 Å². The maximum atomic E-state index is 9.51. The molecule has 1 fully saturated rings. The van der Waals surface area contributed by atoms with Crippen LogP contribution in [-0.4, -0.2) is 30.4 Å². The summed E-state index contributed by atoms with van der Waals surface area (Å²) in [7, 11) is 1.82. The van der Waals surface area contributed by atoms with Crippen molar-refractivity contribution in [3.63, 3.8) is 0 Å². The molecule has 0 aliphatic heterocycles. The second kappa shape index (κ2) is 7.65. The first-order valence-electron chi connectivity index (χ1n) is 7.74. The molecule has 1 aliphatic carbocycles. The summed E-state index contributed by atoms with van der Waals surface area (Å²) in [5.41, 5.74) is 1.19. The van der Waals surface area contributed by atoms with Crippen molar-refractivity contribution in [1.29, 1.82) is 0 Å². The van der Waals surface area contributed by atoms with Gasteiger partial charge in [-0.05, 0) is 63.1 Å². The van der Waals surface area contributed by atoms with Crippen LogP contribution in [0, 0.1) is 0 Å². The molecule has 3 heteroatoms. The number of hydrogen-bond acceptors (Lipinski definition) is 3. The largest absolute Gasteiger partial charge is 0.508 e. The van der Waals surface area contributed by atoms with Crippen LogP contribution in [0.5, 0.6) is 5.75 Å². The Balaban J connectivity index is 1.80. The minimum absolute atomic E-state index is 0.354. The number of nitrogens with one attached hydrogen (secondary N) is 1. The highest BCUT2D eigenvalue weighted by Crippen LogP contribution is 2.21. The number of aromatic hydroxyl groups is 1. The van der Waals surface area contributed by atoms with E-state index in [1.165, 1.54) is 31.2 Å². The molecule has 0 bridgehead atoms. The van der Waals surface area contributed by atoms with Crippen molar-refractivity contribution in [2.75, 3.05) is 7.11 Å². The summed E-state index contributed by atoms with van der Waals surface area (Å²) in [6, 6.07) is 8.59. The van der Waals surface area contributed by atoms with Crippen LogP contribution in [0.4, 0.5) is 0 Å². The molecule has 1 aliphatic rings. The molecule has 1 aromatic rings. The van der Waals surface area contributed by atoms with Gasteiger partial charge < -0.3 is 15.2 Å². The Hall–Kier alpha value is -1.06. The lowest BCUT2D eigenvalue weighted by atomic mass is 10.0. The van der Waals surface area contributed by atoms with Gasteiger partial charge in [-0.2, -0.15) is 0 Å². The number of ether oxygens (including phenoxy) is 1. The molecule has 0 saturated heterocycles. The molecule has 112 valence electrons. The van der Waals surface area contributed by atoms with E-state index in [2.05, 4.69) is 18.3 Å². The van der Waals surface area contributed by atoms with Gasteiger partial charge in [-0.25, -0.2) is 0 Å². The van der Waals surface area contributed by atoms with Crippen LogP contribution in [0.3, 0.4) is 0 Å². The van der Waals surface area contributed by atoms with Gasteiger partial charge in [0.05, 0.1) is 6.10 Å². The average molecular weight is 277 g/mol. The molecule has 3 atom stereocenters. The number of phenols is 1. The van der Waals surface area contributed by atoms with Crippen molar-refractivity contribution in [2.24, 2.45) is 0 Å². The molecule has 0 aromatic heterocycles. The van der Waals surface area contributed by atoms with Crippen LogP contribution in [-0.2, 0) is 11.2 Å². The standard InChI is InChI=1S/C17H27NO2/c1-13(11-14-5-3-7-16(19)12-14)18-15-6-4-8-17(20-2)10-9-15/h3,5,7,12-13,15,17-19H,4,6,8-11H2,1-2H3. The van der Waals surface area contributed by atoms with Crippen molar-refractivity contribution in [1.82, 2.24) is 5.32 Å². The minimum atomic E-state index is 0.354. The van der Waals surface area contributed by atoms with E-state index in [9.17, 15) is 5.11 Å². The first-order chi connectivity index (χ1) is 9.67. The average Bonchev–Trinajstić information content (AvgIpc) is 2.63. The fourth-order valence-electron chi connectivity index (χ4n) is 3.17. The van der Waals surface area contributed by atoms with Crippen LogP contribution >= 0.6 is 0 Å². The normalized spacial score (nSPS) is 25.1. The summed E-state index contributed by atoms with van der Waals surface area (Å²) in [6.07, 6.45) is 7.44. The third-order valence-electron chi connectivity index (χ3n) is 4.22. The lowest BCUT2D eigenvalue weighted by Crippen LogP contribution is -2.37. The van der Waals surface area contributed by atoms with Crippen LogP contribution in [0.1, 0.15) is 44.6 Å². The summed E-state index contributed by atoms with van der Waals surface area (Å²) >= 11 is 0. The first-order valence-corrected chi connectivity index (χ1v) is 7.74. The third-order valence-corrected chi connectivity index (χ3v) is 4.22. The highest BCUT2D eigenvalue weighted by Gasteiger charge is 2.19. The van der Waals surface area contributed by atoms with Gasteiger partial charge >= 0.3 is 0 Å². The van der Waals surface area contributed by atoms with E-state index in [0.29, 0.717) is 23.9 Å². The zero-order chi connectivity index (χ0) is 14.4. The number of hydrogen-bond donors (Lipinski definition) is 2. The quantitative estimate of drug-likeness (QED) is 0.812. The zero-order valence-corrected chi connectivity index (χ0v) is 12.6. The van der Waals surface area contributed by atoms with E-state index in [4.69, 9.17) is 4.74 Å². The Labute approximate surface area is 122 Å². The SMILES string of the molecule is COC1CCCC(NC(C)Cc2cccc(O)c2)CC1. The topological polar surface area (TPSA) is 41.5 Å². The van der Waals surface area contributed by atoms with E-state index in [1.807, 2.05) is 19.2 Å². The van der Waals surface area contributed by atoms with Gasteiger partial charge in [0.2, 0.25) is 0 Å². The molecule has 1 saturated carbocycles. The summed E-state index contributed by atoms with van der Waals surface area (Å²) in [5.74, 6) is 0.354. The molecule has 3 unspecified atom stereocenters. The van der Waals surface area contributed by atoms with Crippen molar-refractivity contribution in [3.05, 3.63) is 29.8 Å². The highest BCUT2D eigenvalue weighted by molar-refractivity contribution is 5.27. The summed E-state index contributed by atoms with van der Waals surface area (Å²) in [5, 5.41) is 13.2. The molecular formula is C17H27NO2. The lowest BCUT2D eigenvalue weighted by molar-refractivity contribution is 0.0893. The number of methoxy groups -OCH3 is 1. The molecule has 0 spiro atoms. The Morgan fingerprint density at radius 2 is 2.15 bits per heavy atom. The van der Waals surface area contributed by atoms with Crippen LogP contribution in [0.15, 0.2) is 24.3 Å². The number of phenolic OH excluding ortho intramolecular Hbond substituents is 1. The van der Waals surface area contributed by atoms with Gasteiger partial charge in [0.15, 0.2) is 0 Å². The van der Waals surface area contributed by atoms with Gasteiger partial charge in [0.1, 0.15) is 5.75 Å². The van der Waals surface area contributed by atoms with Gasteiger partial charge in [-0.1, -0.05) is 12.1 Å². The zero-order valence-electron chi connectivity index (χ0n) is 12.6. The van der Waals surface area contributed by atoms with Crippen molar-refractivity contribution in [2.45, 2.75) is 63.6 Å². The Morgan fingerprint density at radius 3 is 2.90 bits per heavy atom. The van der Waals surface area contributed by atoms with Gasteiger partial charge in [-0.3, -0.25) is 0 Å². The van der Waals surface area contributed by atoms with Gasteiger partial charge in [0, 0.05) is 19.2 Å². The summed E-state index contributed by atoms with van der Waals surface area (Å²) < 4.78 is 5.48. The molecule has 0 amide bonds. The van der Waals surface area contributed by atoms with E-state index in [-0.39, 0.29) is 0 Å². The lowest BCUT2D eigenvalue weighted by Gasteiger charge is -2.22. The Morgan fingerprint density at radius 1 is 1.30 bits per heavy atom. The van der Waals surface area contributed by atoms with E-state index < -0.39 is 0 Å². The molecule has 3 nitrogen and oxygen atoms in total. The van der Waals surface area contributed by atoms with Crippen LogP contribution < -0.4 is 5.32 Å². The monoisotopic (exact) mass is 277 g/mol. The Kier molecular flexibility index (Phi) is 5.86. The predicted molar refractivity (Wildman–Crippen MR) is 82.1 cm³/mol. The van der Waals surface area contributed by atoms with Crippen molar-refractivity contribution < 1.29 is 9.84 Å². The molecular weight excluding hydrogens is 250 g/mol. The molecule has 2 rings (SSSR count). The van der Waals surface area contributed by atoms with E-state index in [1.54, 1.807) is 6.07 Å². The Bertz CT molecular complexity index is 408. The molecule has 20 heavy (non-hydrogen) atoms. The van der Waals surface area contributed by atoms with E-state index in [0.717, 1.165) is 12.8 Å². The van der Waals surface area contributed by atoms with Crippen molar-refractivity contribution in [3.8, 4) is 5.75 Å². The molecule has 0 radical (unpaired) electrons. The first kappa shape index (κ1) is 15.3. The van der Waals surface area contributed by atoms with Gasteiger partial charge in [-0.15, -0.1) is 0 Å². The minimum Gasteiger partial charge on any atom is -0.508 e. The fourth-order valence-corrected chi connectivity index (χ4v) is 3.17. The summed E-state index contributed by atoms with van der Waals surface area (Å²) in [4.78, 5) is 0. The van der Waals surface area contributed by atoms with E-state index >= 15 is 0 Å². The van der Waals surface area contributed by atoms with Crippen LogP contribution in [0.25, 0.3) is 0 Å². The molecule has 0 heterocycles. The van der Waals surface area contributed by atoms with Crippen LogP contribution in [0.2, 0.25) is 0 Å². The summed E-state index contributed by atoms with van der Waals surface area (Å²) in [6.45, 7) is 2.22. The third kappa shape index (κ3) is 4.80. The highest BCUT2D eigenvalue weighted by atomic mass is 16.5. The predicted octanol–water partition coefficient (Wildman–Crippen LogP) is 3.26. The maximum absolute atomic E-state index is 9.51. The fraction of sp³-hybridized carbons (Fsp3) is 0.647. The molecule has 2 N–H and O–H groups in total. The maximum Gasteiger partial charge on any atom is 0.115 e. The second-order valence-electron chi connectivity index (χ2n) is 6.00. The second-order valence-corrected chi connectivity index (χ2v) is 6.00. The van der Waals surface area contributed by atoms with Gasteiger partial charge in [0.25, 0.3) is 0 Å².